The van der Waals surface area contributed by atoms with E-state index in [4.69, 9.17) is 22.2 Å². The molecule has 0 atom stereocenters. The van der Waals surface area contributed by atoms with Crippen LogP contribution in [0.3, 0.4) is 0 Å². The highest BCUT2D eigenvalue weighted by molar-refractivity contribution is 7.80. The molecule has 0 spiro atoms. The molecule has 0 aliphatic rings. The number of fused-ring (bicyclic) bond motifs is 1. The van der Waals surface area contributed by atoms with Gasteiger partial charge in [-0.05, 0) is 18.6 Å². The van der Waals surface area contributed by atoms with Crippen LogP contribution in [0.4, 0.5) is 0 Å². The normalized spacial score (nSPS) is 10.7. The monoisotopic (exact) mass is 321 g/mol. The summed E-state index contributed by atoms with van der Waals surface area (Å²) in [6.07, 6.45) is 2.21. The molecule has 0 unspecified atom stereocenters. The number of nitrogens with zero attached hydrogens (tertiary/aromatic N) is 2. The molecule has 0 amide bonds. The van der Waals surface area contributed by atoms with Crippen molar-refractivity contribution < 1.29 is 0 Å². The van der Waals surface area contributed by atoms with Crippen molar-refractivity contribution in [2.24, 2.45) is 0 Å². The Bertz CT molecular complexity index is 815. The molecule has 1 aromatic heterocycles. The number of hydrogen-bond acceptors (Lipinski definition) is 3. The molecule has 0 radical (unpaired) electrons. The average Bonchev–Trinajstić information content (AvgIpc) is 2.61. The predicted molar refractivity (Wildman–Crippen MR) is 99.6 cm³/mol. The topological polar surface area (TPSA) is 37.8 Å². The van der Waals surface area contributed by atoms with Crippen LogP contribution < -0.4 is 5.32 Å². The van der Waals surface area contributed by atoms with Crippen LogP contribution in [0.1, 0.15) is 25.5 Å². The fourth-order valence-corrected chi connectivity index (χ4v) is 2.66. The number of aromatic nitrogens is 2. The largest absolute Gasteiger partial charge is 0.374 e. The van der Waals surface area contributed by atoms with Crippen molar-refractivity contribution in [2.45, 2.75) is 19.8 Å². The lowest BCUT2D eigenvalue weighted by atomic mass is 10.1. The fraction of sp³-hybridized carbons (Fsp3) is 0.211. The van der Waals surface area contributed by atoms with E-state index in [1.54, 1.807) is 0 Å². The maximum absolute atomic E-state index is 5.57. The smallest absolute Gasteiger partial charge is 0.127 e. The fourth-order valence-electron chi connectivity index (χ4n) is 2.42. The zero-order valence-electron chi connectivity index (χ0n) is 13.1. The summed E-state index contributed by atoms with van der Waals surface area (Å²) >= 11 is 5.57. The lowest BCUT2D eigenvalue weighted by Crippen LogP contribution is -2.25. The van der Waals surface area contributed by atoms with Gasteiger partial charge in [-0.25, -0.2) is 9.97 Å². The Morgan fingerprint density at radius 2 is 1.61 bits per heavy atom. The molecule has 3 aromatic rings. The third-order valence-electron chi connectivity index (χ3n) is 3.65. The summed E-state index contributed by atoms with van der Waals surface area (Å²) in [5, 5.41) is 3.30. The molecule has 116 valence electrons. The second-order valence-electron chi connectivity index (χ2n) is 5.39. The number of benzene rings is 2. The first-order valence-corrected chi connectivity index (χ1v) is 8.31. The van der Waals surface area contributed by atoms with Crippen LogP contribution in [-0.2, 0) is 0 Å². The van der Waals surface area contributed by atoms with Crippen molar-refractivity contribution in [3.63, 3.8) is 0 Å². The zero-order chi connectivity index (χ0) is 16.1. The van der Waals surface area contributed by atoms with Gasteiger partial charge in [0.2, 0.25) is 0 Å². The average molecular weight is 321 g/mol. The molecule has 3 nitrogen and oxygen atoms in total. The predicted octanol–water partition coefficient (Wildman–Crippen LogP) is 4.36. The number of nitrogens with one attached hydrogen (secondary N) is 1. The quantitative estimate of drug-likeness (QED) is 0.559. The Morgan fingerprint density at radius 3 is 2.30 bits per heavy atom. The van der Waals surface area contributed by atoms with E-state index in [9.17, 15) is 0 Å². The van der Waals surface area contributed by atoms with Gasteiger partial charge >= 0.3 is 0 Å². The second kappa shape index (κ2) is 7.29. The molecule has 0 aliphatic heterocycles. The highest BCUT2D eigenvalue weighted by Crippen LogP contribution is 2.23. The van der Waals surface area contributed by atoms with Gasteiger partial charge in [-0.1, -0.05) is 68.0 Å². The Morgan fingerprint density at radius 1 is 0.957 bits per heavy atom. The molecule has 0 saturated heterocycles. The number of rotatable bonds is 5. The summed E-state index contributed by atoms with van der Waals surface area (Å²) in [4.78, 5) is 10.2. The van der Waals surface area contributed by atoms with Crippen LogP contribution in [0, 0.1) is 0 Å². The molecule has 4 heteroatoms. The van der Waals surface area contributed by atoms with Crippen molar-refractivity contribution >= 4 is 28.2 Å². The maximum atomic E-state index is 5.57. The van der Waals surface area contributed by atoms with Crippen LogP contribution in [0.15, 0.2) is 54.6 Å². The third-order valence-corrected chi connectivity index (χ3v) is 3.99. The van der Waals surface area contributed by atoms with Gasteiger partial charge in [-0.2, -0.15) is 0 Å². The third kappa shape index (κ3) is 3.54. The standard InChI is InChI=1S/C19H19N3S/c1-2-3-13-20-19(23)18-17(14-9-5-4-6-10-14)21-15-11-7-8-12-16(15)22-18/h4-12H,2-3,13H2,1H3,(H,20,23). The molecular formula is C19H19N3S. The van der Waals surface area contributed by atoms with Crippen LogP contribution in [0.5, 0.6) is 0 Å². The lowest BCUT2D eigenvalue weighted by Gasteiger charge is -2.12. The first kappa shape index (κ1) is 15.6. The number of hydrogen-bond donors (Lipinski definition) is 1. The first-order valence-electron chi connectivity index (χ1n) is 7.90. The van der Waals surface area contributed by atoms with E-state index in [2.05, 4.69) is 12.2 Å². The van der Waals surface area contributed by atoms with E-state index >= 15 is 0 Å². The van der Waals surface area contributed by atoms with Gasteiger partial charge < -0.3 is 5.32 Å². The number of thiocarbonyl (C=S) groups is 1. The molecule has 2 aromatic carbocycles. The van der Waals surface area contributed by atoms with Crippen molar-refractivity contribution in [3.8, 4) is 11.3 Å². The molecule has 1 N–H and O–H groups in total. The summed E-state index contributed by atoms with van der Waals surface area (Å²) < 4.78 is 0. The van der Waals surface area contributed by atoms with Gasteiger partial charge in [-0.3, -0.25) is 0 Å². The van der Waals surface area contributed by atoms with Gasteiger partial charge in [0.25, 0.3) is 0 Å². The van der Waals surface area contributed by atoms with Gasteiger partial charge in [-0.15, -0.1) is 0 Å². The van der Waals surface area contributed by atoms with E-state index in [0.29, 0.717) is 4.99 Å². The highest BCUT2D eigenvalue weighted by atomic mass is 32.1. The zero-order valence-corrected chi connectivity index (χ0v) is 13.9. The second-order valence-corrected chi connectivity index (χ2v) is 5.79. The van der Waals surface area contributed by atoms with Crippen molar-refractivity contribution in [1.82, 2.24) is 15.3 Å². The van der Waals surface area contributed by atoms with E-state index in [1.165, 1.54) is 0 Å². The highest BCUT2D eigenvalue weighted by Gasteiger charge is 2.14. The minimum atomic E-state index is 0.663. The molecule has 3 rings (SSSR count). The molecule has 0 aliphatic carbocycles. The van der Waals surface area contributed by atoms with Crippen LogP contribution in [-0.4, -0.2) is 21.5 Å². The molecule has 0 fully saturated rings. The van der Waals surface area contributed by atoms with E-state index in [1.807, 2.05) is 54.6 Å². The van der Waals surface area contributed by atoms with Gasteiger partial charge in [0.05, 0.1) is 16.7 Å². The van der Waals surface area contributed by atoms with Gasteiger partial charge in [0, 0.05) is 12.1 Å². The lowest BCUT2D eigenvalue weighted by molar-refractivity contribution is 0.758. The van der Waals surface area contributed by atoms with E-state index in [-0.39, 0.29) is 0 Å². The van der Waals surface area contributed by atoms with Crippen LogP contribution in [0.25, 0.3) is 22.3 Å². The summed E-state index contributed by atoms with van der Waals surface area (Å²) in [5.41, 5.74) is 4.35. The molecule has 23 heavy (non-hydrogen) atoms. The molecule has 1 heterocycles. The van der Waals surface area contributed by atoms with Gasteiger partial charge in [0.1, 0.15) is 10.7 Å². The van der Waals surface area contributed by atoms with Crippen LogP contribution >= 0.6 is 12.2 Å². The van der Waals surface area contributed by atoms with Crippen molar-refractivity contribution in [1.29, 1.82) is 0 Å². The summed E-state index contributed by atoms with van der Waals surface area (Å²) in [6.45, 7) is 3.02. The van der Waals surface area contributed by atoms with Crippen LogP contribution in [0.2, 0.25) is 0 Å². The minimum Gasteiger partial charge on any atom is -0.374 e. The first-order chi connectivity index (χ1) is 11.3. The SMILES string of the molecule is CCCCNC(=S)c1nc2ccccc2nc1-c1ccccc1. The summed E-state index contributed by atoms with van der Waals surface area (Å²) in [5.74, 6) is 0. The van der Waals surface area contributed by atoms with E-state index < -0.39 is 0 Å². The maximum Gasteiger partial charge on any atom is 0.127 e. The Labute approximate surface area is 141 Å². The Balaban J connectivity index is 2.08. The van der Waals surface area contributed by atoms with Gasteiger partial charge in [0.15, 0.2) is 0 Å². The minimum absolute atomic E-state index is 0.663. The van der Waals surface area contributed by atoms with Crippen molar-refractivity contribution in [3.05, 3.63) is 60.3 Å². The molecule has 0 bridgehead atoms. The summed E-state index contributed by atoms with van der Waals surface area (Å²) in [7, 11) is 0. The number of unbranched alkanes of at least 4 members (excludes halogenated alkanes) is 1. The molecule has 0 saturated carbocycles. The van der Waals surface area contributed by atoms with E-state index in [0.717, 1.165) is 47.4 Å². The Hall–Kier alpha value is -2.33. The van der Waals surface area contributed by atoms with Crippen molar-refractivity contribution in [2.75, 3.05) is 6.54 Å². The molecular weight excluding hydrogens is 302 g/mol. The number of para-hydroxylation sites is 2. The Kier molecular flexibility index (Phi) is 4.93. The summed E-state index contributed by atoms with van der Waals surface area (Å²) in [6, 6.07) is 18.0.